The Balaban J connectivity index is 2.03. The van der Waals surface area contributed by atoms with Crippen LogP contribution in [-0.2, 0) is 6.42 Å². The molecule has 0 fully saturated rings. The number of para-hydroxylation sites is 1. The van der Waals surface area contributed by atoms with E-state index in [-0.39, 0.29) is 11.9 Å². The van der Waals surface area contributed by atoms with E-state index >= 15 is 0 Å². The van der Waals surface area contributed by atoms with Crippen molar-refractivity contribution in [2.24, 2.45) is 0 Å². The van der Waals surface area contributed by atoms with Crippen LogP contribution in [0, 0.1) is 0 Å². The SMILES string of the molecule is CSc1ncccc1C(=O)N1c2ccccc2C[C@H]1C. The first kappa shape index (κ1) is 13.2. The van der Waals surface area contributed by atoms with Crippen LogP contribution in [0.1, 0.15) is 22.8 Å². The van der Waals surface area contributed by atoms with Crippen molar-refractivity contribution in [2.75, 3.05) is 11.2 Å². The Morgan fingerprint density at radius 2 is 2.10 bits per heavy atom. The van der Waals surface area contributed by atoms with Crippen molar-refractivity contribution in [1.82, 2.24) is 4.98 Å². The van der Waals surface area contributed by atoms with E-state index in [1.807, 2.05) is 41.5 Å². The molecule has 1 amide bonds. The number of hydrogen-bond donors (Lipinski definition) is 0. The molecule has 3 nitrogen and oxygen atoms in total. The Morgan fingerprint density at radius 3 is 2.90 bits per heavy atom. The van der Waals surface area contributed by atoms with Crippen LogP contribution in [0.15, 0.2) is 47.6 Å². The Kier molecular flexibility index (Phi) is 3.49. The predicted octanol–water partition coefficient (Wildman–Crippen LogP) is 3.39. The molecule has 0 spiro atoms. The number of benzene rings is 1. The molecule has 2 aromatic rings. The molecule has 0 N–H and O–H groups in total. The van der Waals surface area contributed by atoms with E-state index in [9.17, 15) is 4.79 Å². The topological polar surface area (TPSA) is 33.2 Å². The Labute approximate surface area is 123 Å². The average molecular weight is 284 g/mol. The van der Waals surface area contributed by atoms with E-state index < -0.39 is 0 Å². The molecule has 3 rings (SSSR count). The van der Waals surface area contributed by atoms with Crippen LogP contribution in [0.25, 0.3) is 0 Å². The Bertz CT molecular complexity index is 656. The summed E-state index contributed by atoms with van der Waals surface area (Å²) in [5.74, 6) is 0.0416. The molecule has 0 unspecified atom stereocenters. The number of rotatable bonds is 2. The van der Waals surface area contributed by atoms with Gasteiger partial charge in [0.15, 0.2) is 0 Å². The molecule has 1 aromatic carbocycles. The number of amides is 1. The third-order valence-corrected chi connectivity index (χ3v) is 4.33. The first-order chi connectivity index (χ1) is 9.72. The summed E-state index contributed by atoms with van der Waals surface area (Å²) < 4.78 is 0. The van der Waals surface area contributed by atoms with Crippen LogP contribution in [0.5, 0.6) is 0 Å². The second-order valence-corrected chi connectivity index (χ2v) is 5.71. The fourth-order valence-corrected chi connectivity index (χ4v) is 3.26. The summed E-state index contributed by atoms with van der Waals surface area (Å²) in [5.41, 5.74) is 2.95. The summed E-state index contributed by atoms with van der Waals surface area (Å²) in [7, 11) is 0. The zero-order valence-electron chi connectivity index (χ0n) is 11.5. The second kappa shape index (κ2) is 5.29. The number of aromatic nitrogens is 1. The highest BCUT2D eigenvalue weighted by Crippen LogP contribution is 2.34. The number of thioether (sulfide) groups is 1. The maximum Gasteiger partial charge on any atom is 0.261 e. The molecule has 102 valence electrons. The van der Waals surface area contributed by atoms with Gasteiger partial charge in [0, 0.05) is 17.9 Å². The maximum atomic E-state index is 12.9. The third kappa shape index (κ3) is 2.10. The minimum Gasteiger partial charge on any atom is -0.305 e. The highest BCUT2D eigenvalue weighted by molar-refractivity contribution is 7.98. The van der Waals surface area contributed by atoms with Crippen LogP contribution < -0.4 is 4.90 Å². The number of anilines is 1. The van der Waals surface area contributed by atoms with Crippen molar-refractivity contribution >= 4 is 23.4 Å². The van der Waals surface area contributed by atoms with Crippen molar-refractivity contribution in [1.29, 1.82) is 0 Å². The van der Waals surface area contributed by atoms with E-state index in [1.54, 1.807) is 6.20 Å². The first-order valence-corrected chi connectivity index (χ1v) is 7.85. The molecule has 4 heteroatoms. The first-order valence-electron chi connectivity index (χ1n) is 6.63. The summed E-state index contributed by atoms with van der Waals surface area (Å²) >= 11 is 1.51. The fraction of sp³-hybridized carbons (Fsp3) is 0.250. The van der Waals surface area contributed by atoms with E-state index in [0.29, 0.717) is 5.56 Å². The van der Waals surface area contributed by atoms with Crippen LogP contribution >= 0.6 is 11.8 Å². The molecule has 1 atom stereocenters. The van der Waals surface area contributed by atoms with Gasteiger partial charge in [-0.25, -0.2) is 4.98 Å². The summed E-state index contributed by atoms with van der Waals surface area (Å²) in [4.78, 5) is 19.1. The van der Waals surface area contributed by atoms with E-state index in [1.165, 1.54) is 17.3 Å². The molecule has 1 aromatic heterocycles. The standard InChI is InChI=1S/C16H16N2OS/c1-11-10-12-6-3-4-8-14(12)18(11)16(19)13-7-5-9-17-15(13)20-2/h3-9,11H,10H2,1-2H3/t11-/m1/s1. The lowest BCUT2D eigenvalue weighted by Crippen LogP contribution is -2.36. The average Bonchev–Trinajstić information content (AvgIpc) is 2.82. The van der Waals surface area contributed by atoms with Crippen molar-refractivity contribution in [3.05, 3.63) is 53.7 Å². The van der Waals surface area contributed by atoms with Gasteiger partial charge in [-0.15, -0.1) is 11.8 Å². The smallest absolute Gasteiger partial charge is 0.261 e. The molecule has 1 aliphatic heterocycles. The van der Waals surface area contributed by atoms with Gasteiger partial charge in [-0.1, -0.05) is 18.2 Å². The molecule has 1 aliphatic rings. The monoisotopic (exact) mass is 284 g/mol. The van der Waals surface area contributed by atoms with Gasteiger partial charge in [-0.05, 0) is 43.4 Å². The minimum absolute atomic E-state index is 0.0416. The van der Waals surface area contributed by atoms with Gasteiger partial charge in [-0.3, -0.25) is 4.79 Å². The zero-order chi connectivity index (χ0) is 14.1. The fourth-order valence-electron chi connectivity index (χ4n) is 2.72. The number of fused-ring (bicyclic) bond motifs is 1. The van der Waals surface area contributed by atoms with Gasteiger partial charge >= 0.3 is 0 Å². The van der Waals surface area contributed by atoms with Gasteiger partial charge < -0.3 is 4.90 Å². The number of hydrogen-bond acceptors (Lipinski definition) is 3. The number of nitrogens with zero attached hydrogens (tertiary/aromatic N) is 2. The van der Waals surface area contributed by atoms with Crippen LogP contribution in [0.2, 0.25) is 0 Å². The van der Waals surface area contributed by atoms with Gasteiger partial charge in [-0.2, -0.15) is 0 Å². The molecule has 0 saturated carbocycles. The normalized spacial score (nSPS) is 17.1. The Morgan fingerprint density at radius 1 is 1.30 bits per heavy atom. The van der Waals surface area contributed by atoms with Crippen molar-refractivity contribution in [2.45, 2.75) is 24.4 Å². The maximum absolute atomic E-state index is 12.9. The van der Waals surface area contributed by atoms with Crippen LogP contribution in [-0.4, -0.2) is 23.2 Å². The lowest BCUT2D eigenvalue weighted by Gasteiger charge is -2.23. The molecule has 0 bridgehead atoms. The predicted molar refractivity (Wildman–Crippen MR) is 82.4 cm³/mol. The van der Waals surface area contributed by atoms with E-state index in [2.05, 4.69) is 18.0 Å². The molecule has 0 aliphatic carbocycles. The summed E-state index contributed by atoms with van der Waals surface area (Å²) in [5, 5.41) is 0.786. The Hall–Kier alpha value is -1.81. The van der Waals surface area contributed by atoms with Crippen LogP contribution in [0.3, 0.4) is 0 Å². The van der Waals surface area contributed by atoms with Crippen molar-refractivity contribution < 1.29 is 4.79 Å². The van der Waals surface area contributed by atoms with Crippen molar-refractivity contribution in [3.63, 3.8) is 0 Å². The number of carbonyl (C=O) groups excluding carboxylic acids is 1. The molecular weight excluding hydrogens is 268 g/mol. The van der Waals surface area contributed by atoms with Gasteiger partial charge in [0.05, 0.1) is 5.56 Å². The number of pyridine rings is 1. The van der Waals surface area contributed by atoms with Crippen LogP contribution in [0.4, 0.5) is 5.69 Å². The highest BCUT2D eigenvalue weighted by Gasteiger charge is 2.32. The second-order valence-electron chi connectivity index (χ2n) is 4.92. The van der Waals surface area contributed by atoms with Gasteiger partial charge in [0.1, 0.15) is 5.03 Å². The summed E-state index contributed by atoms with van der Waals surface area (Å²) in [6.07, 6.45) is 4.58. The quantitative estimate of drug-likeness (QED) is 0.793. The molecule has 2 heterocycles. The molecule has 0 radical (unpaired) electrons. The lowest BCUT2D eigenvalue weighted by molar-refractivity contribution is 0.0978. The molecular formula is C16H16N2OS. The minimum atomic E-state index is 0.0416. The largest absolute Gasteiger partial charge is 0.305 e. The van der Waals surface area contributed by atoms with Gasteiger partial charge in [0.2, 0.25) is 0 Å². The van der Waals surface area contributed by atoms with Gasteiger partial charge in [0.25, 0.3) is 5.91 Å². The van der Waals surface area contributed by atoms with E-state index in [4.69, 9.17) is 0 Å². The summed E-state index contributed by atoms with van der Waals surface area (Å²) in [6.45, 7) is 2.09. The van der Waals surface area contributed by atoms with E-state index in [0.717, 1.165) is 17.1 Å². The molecule has 20 heavy (non-hydrogen) atoms. The summed E-state index contributed by atoms with van der Waals surface area (Å²) in [6, 6.07) is 12.0. The van der Waals surface area contributed by atoms with Crippen molar-refractivity contribution in [3.8, 4) is 0 Å². The number of carbonyl (C=O) groups is 1. The zero-order valence-corrected chi connectivity index (χ0v) is 12.4. The third-order valence-electron chi connectivity index (χ3n) is 3.62. The highest BCUT2D eigenvalue weighted by atomic mass is 32.2. The molecule has 0 saturated heterocycles. The lowest BCUT2D eigenvalue weighted by atomic mass is 10.1.